The zero-order valence-corrected chi connectivity index (χ0v) is 18.8. The Kier molecular flexibility index (Phi) is 7.42. The first-order valence-corrected chi connectivity index (χ1v) is 11.8. The van der Waals surface area contributed by atoms with Gasteiger partial charge in [-0.15, -0.1) is 0 Å². The number of hydrogen-bond acceptors (Lipinski definition) is 5. The van der Waals surface area contributed by atoms with Gasteiger partial charge in [-0.1, -0.05) is 26.0 Å². The fourth-order valence-electron chi connectivity index (χ4n) is 3.68. The number of fused-ring (bicyclic) bond motifs is 3. The Morgan fingerprint density at radius 3 is 2.58 bits per heavy atom. The number of carboxylic acids is 1. The molecule has 0 spiro atoms. The van der Waals surface area contributed by atoms with Gasteiger partial charge in [-0.2, -0.15) is 11.8 Å². The lowest BCUT2D eigenvalue weighted by Crippen LogP contribution is -2.54. The third kappa shape index (κ3) is 5.30. The molecule has 0 saturated carbocycles. The average molecular weight is 448 g/mol. The van der Waals surface area contributed by atoms with E-state index in [4.69, 9.17) is 0 Å². The minimum Gasteiger partial charge on any atom is -0.480 e. The zero-order chi connectivity index (χ0) is 22.5. The Hall–Kier alpha value is -2.75. The fraction of sp³-hybridized carbons (Fsp3) is 0.524. The van der Waals surface area contributed by atoms with Crippen molar-refractivity contribution in [1.82, 2.24) is 20.2 Å². The normalized spacial score (nSPS) is 15.0. The molecule has 3 N–H and O–H groups in total. The maximum atomic E-state index is 13.0. The van der Waals surface area contributed by atoms with Crippen molar-refractivity contribution < 1.29 is 19.5 Å². The average Bonchev–Trinajstić information content (AvgIpc) is 3.29. The molecule has 10 heteroatoms. The molecular weight excluding hydrogens is 418 g/mol. The van der Waals surface area contributed by atoms with Crippen LogP contribution in [0.15, 0.2) is 24.3 Å². The molecule has 1 aliphatic rings. The highest BCUT2D eigenvalue weighted by Gasteiger charge is 2.32. The van der Waals surface area contributed by atoms with E-state index in [1.54, 1.807) is 0 Å². The van der Waals surface area contributed by atoms with Gasteiger partial charge in [0.05, 0.1) is 11.0 Å². The lowest BCUT2D eigenvalue weighted by Gasteiger charge is -2.24. The number of rotatable bonds is 9. The maximum Gasteiger partial charge on any atom is 0.326 e. The molecule has 2 aromatic rings. The molecule has 0 bridgehead atoms. The van der Waals surface area contributed by atoms with E-state index in [9.17, 15) is 19.5 Å². The number of nitrogens with zero attached hydrogens (tertiary/aromatic N) is 3. The van der Waals surface area contributed by atoms with Crippen LogP contribution in [-0.4, -0.2) is 63.2 Å². The van der Waals surface area contributed by atoms with Crippen LogP contribution in [-0.2, 0) is 16.1 Å². The maximum absolute atomic E-state index is 13.0. The predicted molar refractivity (Wildman–Crippen MR) is 121 cm³/mol. The SMILES string of the molecule is CSCC[C@@H](NC(=O)[C@H](CC(C)C)NC(=O)N1CCn2c1nc1ccccc12)C(=O)O. The van der Waals surface area contributed by atoms with Crippen molar-refractivity contribution in [3.05, 3.63) is 24.3 Å². The van der Waals surface area contributed by atoms with E-state index >= 15 is 0 Å². The van der Waals surface area contributed by atoms with Crippen molar-refractivity contribution >= 4 is 46.7 Å². The minimum atomic E-state index is -1.08. The van der Waals surface area contributed by atoms with E-state index in [-0.39, 0.29) is 5.92 Å². The summed E-state index contributed by atoms with van der Waals surface area (Å²) in [7, 11) is 0. The number of anilines is 1. The number of thioether (sulfide) groups is 1. The first-order valence-electron chi connectivity index (χ1n) is 10.4. The van der Waals surface area contributed by atoms with Gasteiger partial charge in [0.2, 0.25) is 11.9 Å². The van der Waals surface area contributed by atoms with E-state index in [1.165, 1.54) is 16.7 Å². The number of amides is 3. The number of aliphatic carboxylic acids is 1. The number of para-hydroxylation sites is 2. The highest BCUT2D eigenvalue weighted by Crippen LogP contribution is 2.27. The third-order valence-corrected chi connectivity index (χ3v) is 5.86. The van der Waals surface area contributed by atoms with Crippen molar-refractivity contribution in [1.29, 1.82) is 0 Å². The van der Waals surface area contributed by atoms with Gasteiger partial charge >= 0.3 is 12.0 Å². The number of imidazole rings is 1. The van der Waals surface area contributed by atoms with Crippen molar-refractivity contribution in [2.24, 2.45) is 5.92 Å². The van der Waals surface area contributed by atoms with Crippen LogP contribution in [0.1, 0.15) is 26.7 Å². The zero-order valence-electron chi connectivity index (χ0n) is 18.0. The molecule has 3 rings (SSSR count). The molecule has 9 nitrogen and oxygen atoms in total. The molecular formula is C21H29N5O4S. The van der Waals surface area contributed by atoms with Crippen molar-refractivity contribution in [3.63, 3.8) is 0 Å². The molecule has 0 saturated heterocycles. The van der Waals surface area contributed by atoms with Gasteiger partial charge in [-0.3, -0.25) is 9.69 Å². The Bertz CT molecular complexity index is 960. The molecule has 1 aliphatic heterocycles. The van der Waals surface area contributed by atoms with Gasteiger partial charge in [-0.25, -0.2) is 14.6 Å². The molecule has 1 aromatic carbocycles. The topological polar surface area (TPSA) is 117 Å². The van der Waals surface area contributed by atoms with E-state index in [0.29, 0.717) is 37.6 Å². The largest absolute Gasteiger partial charge is 0.480 e. The number of carboxylic acid groups (broad SMARTS) is 1. The smallest absolute Gasteiger partial charge is 0.326 e. The van der Waals surface area contributed by atoms with Gasteiger partial charge in [-0.05, 0) is 42.9 Å². The number of hydrogen-bond donors (Lipinski definition) is 3. The minimum absolute atomic E-state index is 0.133. The molecule has 2 atom stereocenters. The van der Waals surface area contributed by atoms with Gasteiger partial charge in [0.25, 0.3) is 0 Å². The quantitative estimate of drug-likeness (QED) is 0.543. The Morgan fingerprint density at radius 2 is 1.90 bits per heavy atom. The van der Waals surface area contributed by atoms with Gasteiger partial charge in [0.1, 0.15) is 12.1 Å². The summed E-state index contributed by atoms with van der Waals surface area (Å²) < 4.78 is 1.98. The summed E-state index contributed by atoms with van der Waals surface area (Å²) in [5, 5.41) is 14.8. The molecule has 31 heavy (non-hydrogen) atoms. The van der Waals surface area contributed by atoms with E-state index in [1.807, 2.05) is 48.9 Å². The summed E-state index contributed by atoms with van der Waals surface area (Å²) in [5.41, 5.74) is 1.77. The van der Waals surface area contributed by atoms with Gasteiger partial charge in [0, 0.05) is 13.1 Å². The number of urea groups is 1. The highest BCUT2D eigenvalue weighted by atomic mass is 32.2. The Balaban J connectivity index is 1.73. The molecule has 168 valence electrons. The van der Waals surface area contributed by atoms with Crippen LogP contribution >= 0.6 is 11.8 Å². The molecule has 3 amide bonds. The van der Waals surface area contributed by atoms with Crippen LogP contribution < -0.4 is 15.5 Å². The van der Waals surface area contributed by atoms with E-state index in [2.05, 4.69) is 15.6 Å². The van der Waals surface area contributed by atoms with Crippen LogP contribution in [0.4, 0.5) is 10.7 Å². The second kappa shape index (κ2) is 10.0. The van der Waals surface area contributed by atoms with Crippen molar-refractivity contribution in [3.8, 4) is 0 Å². The first kappa shape index (κ1) is 22.9. The summed E-state index contributed by atoms with van der Waals surface area (Å²) in [5.74, 6) is -0.268. The molecule has 0 fully saturated rings. The van der Waals surface area contributed by atoms with E-state index in [0.717, 1.165) is 11.0 Å². The van der Waals surface area contributed by atoms with Crippen LogP contribution in [0.25, 0.3) is 11.0 Å². The monoisotopic (exact) mass is 447 g/mol. The summed E-state index contributed by atoms with van der Waals surface area (Å²) in [6, 6.07) is 5.46. The number of carbonyl (C=O) groups excluding carboxylic acids is 2. The van der Waals surface area contributed by atoms with Gasteiger partial charge < -0.3 is 20.3 Å². The van der Waals surface area contributed by atoms with Crippen LogP contribution in [0.5, 0.6) is 0 Å². The standard InChI is InChI=1S/C21H29N5O4S/c1-13(2)12-16(18(27)22-15(19(28)29)8-11-31-3)24-21(30)26-10-9-25-17-7-5-4-6-14(17)23-20(25)26/h4-7,13,15-16H,8-12H2,1-3H3,(H,22,27)(H,24,30)(H,28,29)/t15-,16+/m1/s1. The Morgan fingerprint density at radius 1 is 1.16 bits per heavy atom. The number of nitrogens with one attached hydrogen (secondary N) is 2. The van der Waals surface area contributed by atoms with Crippen molar-refractivity contribution in [2.45, 2.75) is 45.3 Å². The number of carbonyl (C=O) groups is 3. The predicted octanol–water partition coefficient (Wildman–Crippen LogP) is 2.30. The molecule has 0 radical (unpaired) electrons. The van der Waals surface area contributed by atoms with Crippen LogP contribution in [0.3, 0.4) is 0 Å². The van der Waals surface area contributed by atoms with Gasteiger partial charge in [0.15, 0.2) is 0 Å². The number of benzene rings is 1. The fourth-order valence-corrected chi connectivity index (χ4v) is 4.15. The lowest BCUT2D eigenvalue weighted by molar-refractivity contribution is -0.142. The van der Waals surface area contributed by atoms with Crippen LogP contribution in [0.2, 0.25) is 0 Å². The second-order valence-electron chi connectivity index (χ2n) is 8.02. The van der Waals surface area contributed by atoms with Crippen LogP contribution in [0, 0.1) is 5.92 Å². The Labute approximate surface area is 185 Å². The van der Waals surface area contributed by atoms with E-state index < -0.39 is 30.0 Å². The molecule has 0 aliphatic carbocycles. The number of aromatic nitrogens is 2. The second-order valence-corrected chi connectivity index (χ2v) is 9.00. The summed E-state index contributed by atoms with van der Waals surface area (Å²) in [6.45, 7) is 4.98. The lowest BCUT2D eigenvalue weighted by atomic mass is 10.0. The summed E-state index contributed by atoms with van der Waals surface area (Å²) in [4.78, 5) is 43.5. The highest BCUT2D eigenvalue weighted by molar-refractivity contribution is 7.98. The molecule has 1 aromatic heterocycles. The summed E-state index contributed by atoms with van der Waals surface area (Å²) >= 11 is 1.52. The molecule has 2 heterocycles. The van der Waals surface area contributed by atoms with Crippen molar-refractivity contribution in [2.75, 3.05) is 23.5 Å². The molecule has 0 unspecified atom stereocenters. The summed E-state index contributed by atoms with van der Waals surface area (Å²) in [6.07, 6.45) is 2.60. The third-order valence-electron chi connectivity index (χ3n) is 5.21. The first-order chi connectivity index (χ1) is 14.8.